The van der Waals surface area contributed by atoms with Gasteiger partial charge in [-0.15, -0.1) is 0 Å². The van der Waals surface area contributed by atoms with E-state index in [1.807, 2.05) is 59.5 Å². The molecule has 0 saturated carbocycles. The number of benzene rings is 2. The first kappa shape index (κ1) is 19.7. The van der Waals surface area contributed by atoms with Gasteiger partial charge < -0.3 is 10.1 Å². The van der Waals surface area contributed by atoms with E-state index in [1.165, 1.54) is 0 Å². The molecule has 2 aromatic heterocycles. The Balaban J connectivity index is 1.43. The topological polar surface area (TPSA) is 97.7 Å². The Kier molecular flexibility index (Phi) is 5.80. The fraction of sp³-hybridized carbons (Fsp3) is 0.143. The molecule has 2 N–H and O–H groups in total. The van der Waals surface area contributed by atoms with Crippen LogP contribution in [0.3, 0.4) is 0 Å². The molecule has 0 unspecified atom stereocenters. The molecule has 0 aliphatic heterocycles. The standard InChI is InChI=1S/C21H20N6O2S/c1-29-17-8-6-14(7-9-17)19-24-18(25-26-19)13-23-20(28)15-4-3-5-16(12-15)27-11-10-22-21(27)30-2/h3-12H,13H2,1-2H3,(H,23,28)(H,24,25,26). The first-order valence-electron chi connectivity index (χ1n) is 9.19. The molecule has 4 rings (SSSR count). The monoisotopic (exact) mass is 420 g/mol. The predicted octanol–water partition coefficient (Wildman–Crippen LogP) is 3.32. The highest BCUT2D eigenvalue weighted by Gasteiger charge is 2.11. The minimum atomic E-state index is -0.190. The van der Waals surface area contributed by atoms with Crippen molar-refractivity contribution in [3.63, 3.8) is 0 Å². The number of nitrogens with one attached hydrogen (secondary N) is 2. The number of H-pyrrole nitrogens is 1. The molecule has 0 aliphatic rings. The molecule has 0 saturated heterocycles. The van der Waals surface area contributed by atoms with E-state index in [0.717, 1.165) is 22.2 Å². The molecule has 152 valence electrons. The molecular weight excluding hydrogens is 400 g/mol. The second-order valence-electron chi connectivity index (χ2n) is 6.35. The van der Waals surface area contributed by atoms with Gasteiger partial charge in [0.25, 0.3) is 5.91 Å². The summed E-state index contributed by atoms with van der Waals surface area (Å²) in [5, 5.41) is 10.8. The molecule has 0 fully saturated rings. The Bertz CT molecular complexity index is 1150. The summed E-state index contributed by atoms with van der Waals surface area (Å²) in [5.41, 5.74) is 2.30. The predicted molar refractivity (Wildman–Crippen MR) is 115 cm³/mol. The zero-order valence-corrected chi connectivity index (χ0v) is 17.3. The second-order valence-corrected chi connectivity index (χ2v) is 7.12. The summed E-state index contributed by atoms with van der Waals surface area (Å²) >= 11 is 1.55. The lowest BCUT2D eigenvalue weighted by atomic mass is 10.2. The highest BCUT2D eigenvalue weighted by atomic mass is 32.2. The SMILES string of the molecule is COc1ccc(-c2n[nH]c(CNC(=O)c3cccc(-n4ccnc4SC)c3)n2)cc1. The lowest BCUT2D eigenvalue weighted by molar-refractivity contribution is 0.0950. The van der Waals surface area contributed by atoms with Gasteiger partial charge in [0.1, 0.15) is 11.6 Å². The van der Waals surface area contributed by atoms with E-state index < -0.39 is 0 Å². The molecule has 8 nitrogen and oxygen atoms in total. The van der Waals surface area contributed by atoms with Gasteiger partial charge in [-0.3, -0.25) is 14.5 Å². The average molecular weight is 420 g/mol. The van der Waals surface area contributed by atoms with Gasteiger partial charge in [-0.2, -0.15) is 5.10 Å². The molecule has 4 aromatic rings. The van der Waals surface area contributed by atoms with E-state index in [2.05, 4.69) is 25.5 Å². The van der Waals surface area contributed by atoms with Crippen molar-refractivity contribution in [2.24, 2.45) is 0 Å². The molecule has 30 heavy (non-hydrogen) atoms. The molecule has 0 radical (unpaired) electrons. The number of imidazole rings is 1. The van der Waals surface area contributed by atoms with Gasteiger partial charge in [-0.1, -0.05) is 17.8 Å². The summed E-state index contributed by atoms with van der Waals surface area (Å²) in [6.07, 6.45) is 5.58. The first-order chi connectivity index (χ1) is 14.7. The number of hydrogen-bond acceptors (Lipinski definition) is 6. The lowest BCUT2D eigenvalue weighted by Gasteiger charge is -2.08. The van der Waals surface area contributed by atoms with Crippen molar-refractivity contribution in [3.8, 4) is 22.8 Å². The lowest BCUT2D eigenvalue weighted by Crippen LogP contribution is -2.23. The van der Waals surface area contributed by atoms with Crippen LogP contribution in [-0.4, -0.2) is 44.0 Å². The number of ether oxygens (including phenoxy) is 1. The van der Waals surface area contributed by atoms with Crippen molar-refractivity contribution < 1.29 is 9.53 Å². The van der Waals surface area contributed by atoms with Gasteiger partial charge in [-0.05, 0) is 48.7 Å². The van der Waals surface area contributed by atoms with Crippen molar-refractivity contribution in [3.05, 3.63) is 72.3 Å². The number of aromatic amines is 1. The van der Waals surface area contributed by atoms with E-state index >= 15 is 0 Å². The number of carbonyl (C=O) groups excluding carboxylic acids is 1. The number of carbonyl (C=O) groups is 1. The second kappa shape index (κ2) is 8.83. The normalized spacial score (nSPS) is 10.7. The average Bonchev–Trinajstić information content (AvgIpc) is 3.47. The van der Waals surface area contributed by atoms with Crippen LogP contribution in [0.2, 0.25) is 0 Å². The highest BCUT2D eigenvalue weighted by molar-refractivity contribution is 7.98. The summed E-state index contributed by atoms with van der Waals surface area (Å²) in [6.45, 7) is 0.243. The number of rotatable bonds is 7. The van der Waals surface area contributed by atoms with E-state index in [-0.39, 0.29) is 12.5 Å². The number of nitrogens with zero attached hydrogens (tertiary/aromatic N) is 4. The van der Waals surface area contributed by atoms with Gasteiger partial charge in [0.05, 0.1) is 13.7 Å². The molecule has 9 heteroatoms. The molecule has 0 atom stereocenters. The third-order valence-corrected chi connectivity index (χ3v) is 5.14. The van der Waals surface area contributed by atoms with Crippen molar-refractivity contribution in [2.45, 2.75) is 11.7 Å². The highest BCUT2D eigenvalue weighted by Crippen LogP contribution is 2.20. The summed E-state index contributed by atoms with van der Waals surface area (Å²) in [6, 6.07) is 14.9. The van der Waals surface area contributed by atoms with Crippen LogP contribution in [-0.2, 0) is 6.54 Å². The largest absolute Gasteiger partial charge is 0.497 e. The van der Waals surface area contributed by atoms with Crippen molar-refractivity contribution in [1.82, 2.24) is 30.0 Å². The maximum atomic E-state index is 12.6. The van der Waals surface area contributed by atoms with Crippen LogP contribution in [0.1, 0.15) is 16.2 Å². The molecule has 1 amide bonds. The van der Waals surface area contributed by atoms with Crippen LogP contribution < -0.4 is 10.1 Å². The Morgan fingerprint density at radius 1 is 1.23 bits per heavy atom. The maximum Gasteiger partial charge on any atom is 0.251 e. The number of hydrogen-bond donors (Lipinski definition) is 2. The van der Waals surface area contributed by atoms with E-state index in [1.54, 1.807) is 31.1 Å². The van der Waals surface area contributed by atoms with Gasteiger partial charge in [-0.25, -0.2) is 9.97 Å². The summed E-state index contributed by atoms with van der Waals surface area (Å²) in [5.74, 6) is 1.72. The molecule has 2 heterocycles. The maximum absolute atomic E-state index is 12.6. The first-order valence-corrected chi connectivity index (χ1v) is 10.4. The van der Waals surface area contributed by atoms with Crippen LogP contribution in [0.4, 0.5) is 0 Å². The number of thioether (sulfide) groups is 1. The Morgan fingerprint density at radius 2 is 2.07 bits per heavy atom. The smallest absolute Gasteiger partial charge is 0.251 e. The number of aromatic nitrogens is 5. The molecule has 0 bridgehead atoms. The van der Waals surface area contributed by atoms with Gasteiger partial charge in [0, 0.05) is 29.2 Å². The Hall–Kier alpha value is -3.59. The fourth-order valence-electron chi connectivity index (χ4n) is 2.94. The molecular formula is C21H20N6O2S. The third-order valence-electron chi connectivity index (χ3n) is 4.47. The minimum Gasteiger partial charge on any atom is -0.497 e. The van der Waals surface area contributed by atoms with E-state index in [0.29, 0.717) is 17.2 Å². The van der Waals surface area contributed by atoms with Crippen molar-refractivity contribution in [1.29, 1.82) is 0 Å². The van der Waals surface area contributed by atoms with Crippen molar-refractivity contribution in [2.75, 3.05) is 13.4 Å². The van der Waals surface area contributed by atoms with E-state index in [4.69, 9.17) is 4.74 Å². The quantitative estimate of drug-likeness (QED) is 0.445. The van der Waals surface area contributed by atoms with Crippen LogP contribution >= 0.6 is 11.8 Å². The summed E-state index contributed by atoms with van der Waals surface area (Å²) in [7, 11) is 1.62. The number of methoxy groups -OCH3 is 1. The Morgan fingerprint density at radius 3 is 2.83 bits per heavy atom. The molecule has 2 aromatic carbocycles. The summed E-state index contributed by atoms with van der Waals surface area (Å²) in [4.78, 5) is 21.4. The zero-order valence-electron chi connectivity index (χ0n) is 16.5. The van der Waals surface area contributed by atoms with Crippen LogP contribution in [0, 0.1) is 0 Å². The van der Waals surface area contributed by atoms with Gasteiger partial charge >= 0.3 is 0 Å². The molecule has 0 spiro atoms. The molecule has 0 aliphatic carbocycles. The zero-order chi connectivity index (χ0) is 20.9. The van der Waals surface area contributed by atoms with Crippen LogP contribution in [0.25, 0.3) is 17.1 Å². The van der Waals surface area contributed by atoms with Crippen LogP contribution in [0.5, 0.6) is 5.75 Å². The minimum absolute atomic E-state index is 0.190. The number of amides is 1. The van der Waals surface area contributed by atoms with Gasteiger partial charge in [0.15, 0.2) is 11.0 Å². The van der Waals surface area contributed by atoms with E-state index in [9.17, 15) is 4.79 Å². The van der Waals surface area contributed by atoms with Crippen molar-refractivity contribution >= 4 is 17.7 Å². The Labute approximate surface area is 177 Å². The fourth-order valence-corrected chi connectivity index (χ4v) is 3.47. The third kappa shape index (κ3) is 4.20. The summed E-state index contributed by atoms with van der Waals surface area (Å²) < 4.78 is 7.10. The van der Waals surface area contributed by atoms with Gasteiger partial charge in [0.2, 0.25) is 0 Å². The van der Waals surface area contributed by atoms with Crippen LogP contribution in [0.15, 0.2) is 66.1 Å².